The van der Waals surface area contributed by atoms with E-state index in [1.807, 2.05) is 4.90 Å². The number of unbranched alkanes of at least 4 members (excludes halogenated alkanes) is 8. The summed E-state index contributed by atoms with van der Waals surface area (Å²) in [6.45, 7) is 3.90. The zero-order valence-electron chi connectivity index (χ0n) is 12.7. The van der Waals surface area contributed by atoms with Gasteiger partial charge in [-0.2, -0.15) is 0 Å². The van der Waals surface area contributed by atoms with Gasteiger partial charge in [0.05, 0.1) is 0 Å². The molecule has 0 radical (unpaired) electrons. The van der Waals surface area contributed by atoms with Gasteiger partial charge in [-0.15, -0.1) is 0 Å². The Morgan fingerprint density at radius 2 is 1.63 bits per heavy atom. The third-order valence-corrected chi connectivity index (χ3v) is 4.07. The molecular weight excluding hydrogens is 236 g/mol. The first-order chi connectivity index (χ1) is 9.24. The molecule has 1 fully saturated rings. The summed E-state index contributed by atoms with van der Waals surface area (Å²) in [5.41, 5.74) is 5.81. The van der Waals surface area contributed by atoms with Crippen molar-refractivity contribution in [3.63, 3.8) is 0 Å². The monoisotopic (exact) mass is 268 g/mol. The largest absolute Gasteiger partial charge is 0.341 e. The first-order valence-electron chi connectivity index (χ1n) is 8.27. The molecule has 1 rings (SSSR count). The van der Waals surface area contributed by atoms with Gasteiger partial charge in [0.25, 0.3) is 0 Å². The quantitative estimate of drug-likeness (QED) is 0.617. The first kappa shape index (κ1) is 16.5. The van der Waals surface area contributed by atoms with Gasteiger partial charge in [0.1, 0.15) is 0 Å². The molecule has 1 amide bonds. The van der Waals surface area contributed by atoms with Crippen molar-refractivity contribution in [3.8, 4) is 0 Å². The molecule has 0 aromatic rings. The lowest BCUT2D eigenvalue weighted by atomic mass is 10.1. The molecule has 3 heteroatoms. The number of nitrogens with zero attached hydrogens (tertiary/aromatic N) is 1. The van der Waals surface area contributed by atoms with E-state index in [1.54, 1.807) is 0 Å². The Morgan fingerprint density at radius 1 is 1.05 bits per heavy atom. The van der Waals surface area contributed by atoms with Crippen LogP contribution in [0.1, 0.15) is 77.6 Å². The lowest BCUT2D eigenvalue weighted by Crippen LogP contribution is -2.31. The topological polar surface area (TPSA) is 46.3 Å². The first-order valence-corrected chi connectivity index (χ1v) is 8.27. The molecule has 3 nitrogen and oxygen atoms in total. The van der Waals surface area contributed by atoms with Gasteiger partial charge >= 0.3 is 0 Å². The number of carbonyl (C=O) groups excluding carboxylic acids is 1. The maximum absolute atomic E-state index is 11.9. The Morgan fingerprint density at radius 3 is 2.16 bits per heavy atom. The van der Waals surface area contributed by atoms with Crippen molar-refractivity contribution in [3.05, 3.63) is 0 Å². The number of nitrogens with two attached hydrogens (primary N) is 1. The molecule has 0 spiro atoms. The lowest BCUT2D eigenvalue weighted by molar-refractivity contribution is -0.130. The highest BCUT2D eigenvalue weighted by Gasteiger charge is 2.22. The van der Waals surface area contributed by atoms with E-state index in [0.717, 1.165) is 32.4 Å². The van der Waals surface area contributed by atoms with Crippen LogP contribution in [0.2, 0.25) is 0 Å². The second-order valence-corrected chi connectivity index (χ2v) is 5.97. The third-order valence-electron chi connectivity index (χ3n) is 4.07. The molecule has 1 heterocycles. The van der Waals surface area contributed by atoms with E-state index in [0.29, 0.717) is 5.91 Å². The molecule has 2 N–H and O–H groups in total. The van der Waals surface area contributed by atoms with Crippen molar-refractivity contribution in [2.24, 2.45) is 5.73 Å². The second kappa shape index (κ2) is 10.2. The van der Waals surface area contributed by atoms with Crippen LogP contribution in [0.25, 0.3) is 0 Å². The molecule has 0 aromatic heterocycles. The zero-order valence-corrected chi connectivity index (χ0v) is 12.7. The highest BCUT2D eigenvalue weighted by Crippen LogP contribution is 2.13. The van der Waals surface area contributed by atoms with Gasteiger partial charge in [-0.25, -0.2) is 0 Å². The summed E-state index contributed by atoms with van der Waals surface area (Å²) in [4.78, 5) is 13.8. The van der Waals surface area contributed by atoms with Crippen molar-refractivity contribution < 1.29 is 4.79 Å². The summed E-state index contributed by atoms with van der Waals surface area (Å²) in [7, 11) is 0. The van der Waals surface area contributed by atoms with Gasteiger partial charge in [0.2, 0.25) is 5.91 Å². The number of carbonyl (C=O) groups is 1. The molecule has 112 valence electrons. The molecule has 0 saturated carbocycles. The van der Waals surface area contributed by atoms with Crippen LogP contribution in [-0.4, -0.2) is 29.9 Å². The number of likely N-dealkylation sites (tertiary alicyclic amines) is 1. The Bertz CT molecular complexity index is 243. The highest BCUT2D eigenvalue weighted by atomic mass is 16.2. The minimum atomic E-state index is 0.215. The molecule has 1 aliphatic heterocycles. The van der Waals surface area contributed by atoms with E-state index in [9.17, 15) is 4.79 Å². The summed E-state index contributed by atoms with van der Waals surface area (Å²) in [6.07, 6.45) is 13.4. The van der Waals surface area contributed by atoms with Crippen LogP contribution in [0.15, 0.2) is 0 Å². The average Bonchev–Trinajstić information content (AvgIpc) is 2.83. The Balaban J connectivity index is 1.86. The molecule has 0 aromatic carbocycles. The molecule has 19 heavy (non-hydrogen) atoms. The molecule has 0 unspecified atom stereocenters. The summed E-state index contributed by atoms with van der Waals surface area (Å²) < 4.78 is 0. The maximum Gasteiger partial charge on any atom is 0.222 e. The SMILES string of the molecule is CCCCCCCCCCCC(=O)N1CC[C@@H](N)C1. The van der Waals surface area contributed by atoms with Crippen LogP contribution in [0, 0.1) is 0 Å². The Labute approximate surface area is 118 Å². The lowest BCUT2D eigenvalue weighted by Gasteiger charge is -2.15. The third kappa shape index (κ3) is 7.56. The van der Waals surface area contributed by atoms with Gasteiger partial charge < -0.3 is 10.6 Å². The van der Waals surface area contributed by atoms with Crippen molar-refractivity contribution in [2.45, 2.75) is 83.6 Å². The number of hydrogen-bond donors (Lipinski definition) is 1. The van der Waals surface area contributed by atoms with Crippen molar-refractivity contribution in [1.29, 1.82) is 0 Å². The van der Waals surface area contributed by atoms with Gasteiger partial charge in [0.15, 0.2) is 0 Å². The standard InChI is InChI=1S/C16H32N2O/c1-2-3-4-5-6-7-8-9-10-11-16(19)18-13-12-15(17)14-18/h15H,2-14,17H2,1H3/t15-/m1/s1. The van der Waals surface area contributed by atoms with Crippen LogP contribution in [0.5, 0.6) is 0 Å². The summed E-state index contributed by atoms with van der Waals surface area (Å²) >= 11 is 0. The Kier molecular flexibility index (Phi) is 8.89. The van der Waals surface area contributed by atoms with Crippen LogP contribution >= 0.6 is 0 Å². The van der Waals surface area contributed by atoms with E-state index in [-0.39, 0.29) is 6.04 Å². The smallest absolute Gasteiger partial charge is 0.222 e. The molecule has 1 saturated heterocycles. The molecular formula is C16H32N2O. The van der Waals surface area contributed by atoms with Crippen LogP contribution in [-0.2, 0) is 4.79 Å². The zero-order chi connectivity index (χ0) is 13.9. The summed E-state index contributed by atoms with van der Waals surface area (Å²) in [5, 5.41) is 0. The predicted molar refractivity (Wildman–Crippen MR) is 81.0 cm³/mol. The number of hydrogen-bond acceptors (Lipinski definition) is 2. The minimum Gasteiger partial charge on any atom is -0.341 e. The summed E-state index contributed by atoms with van der Waals surface area (Å²) in [5.74, 6) is 0.316. The predicted octanol–water partition coefficient (Wildman–Crippen LogP) is 3.47. The van der Waals surface area contributed by atoms with E-state index in [1.165, 1.54) is 51.4 Å². The van der Waals surface area contributed by atoms with Crippen LogP contribution < -0.4 is 5.73 Å². The van der Waals surface area contributed by atoms with Crippen molar-refractivity contribution in [1.82, 2.24) is 4.90 Å². The maximum atomic E-state index is 11.9. The fourth-order valence-electron chi connectivity index (χ4n) is 2.76. The van der Waals surface area contributed by atoms with Gasteiger partial charge in [-0.3, -0.25) is 4.79 Å². The molecule has 1 atom stereocenters. The van der Waals surface area contributed by atoms with Crippen LogP contribution in [0.4, 0.5) is 0 Å². The summed E-state index contributed by atoms with van der Waals surface area (Å²) in [6, 6.07) is 0.215. The second-order valence-electron chi connectivity index (χ2n) is 5.97. The fourth-order valence-corrected chi connectivity index (χ4v) is 2.76. The van der Waals surface area contributed by atoms with E-state index >= 15 is 0 Å². The van der Waals surface area contributed by atoms with E-state index in [4.69, 9.17) is 5.73 Å². The van der Waals surface area contributed by atoms with Gasteiger partial charge in [0, 0.05) is 25.6 Å². The average molecular weight is 268 g/mol. The van der Waals surface area contributed by atoms with Crippen molar-refractivity contribution >= 4 is 5.91 Å². The fraction of sp³-hybridized carbons (Fsp3) is 0.938. The van der Waals surface area contributed by atoms with Crippen LogP contribution in [0.3, 0.4) is 0 Å². The molecule has 0 bridgehead atoms. The molecule has 1 aliphatic rings. The van der Waals surface area contributed by atoms with Gasteiger partial charge in [-0.05, 0) is 12.8 Å². The normalized spacial score (nSPS) is 19.1. The van der Waals surface area contributed by atoms with Crippen molar-refractivity contribution in [2.75, 3.05) is 13.1 Å². The number of amides is 1. The number of rotatable bonds is 10. The van der Waals surface area contributed by atoms with E-state index < -0.39 is 0 Å². The minimum absolute atomic E-state index is 0.215. The van der Waals surface area contributed by atoms with Gasteiger partial charge in [-0.1, -0.05) is 58.3 Å². The Hall–Kier alpha value is -0.570. The van der Waals surface area contributed by atoms with E-state index in [2.05, 4.69) is 6.92 Å². The highest BCUT2D eigenvalue weighted by molar-refractivity contribution is 5.76. The molecule has 0 aliphatic carbocycles.